The van der Waals surface area contributed by atoms with E-state index in [1.165, 1.54) is 0 Å². The fourth-order valence-electron chi connectivity index (χ4n) is 2.25. The van der Waals surface area contributed by atoms with Crippen molar-refractivity contribution >= 4 is 11.7 Å². The molecule has 0 aliphatic rings. The molecular weight excluding hydrogens is 272 g/mol. The van der Waals surface area contributed by atoms with E-state index in [9.17, 15) is 4.79 Å². The van der Waals surface area contributed by atoms with E-state index >= 15 is 0 Å². The second kappa shape index (κ2) is 8.13. The van der Waals surface area contributed by atoms with Crippen LogP contribution in [-0.2, 0) is 10.2 Å². The van der Waals surface area contributed by atoms with Crippen molar-refractivity contribution in [3.63, 3.8) is 0 Å². The van der Waals surface area contributed by atoms with Crippen LogP contribution in [0.5, 0.6) is 0 Å². The van der Waals surface area contributed by atoms with E-state index in [2.05, 4.69) is 11.9 Å². The van der Waals surface area contributed by atoms with E-state index in [1.807, 2.05) is 62.4 Å². The van der Waals surface area contributed by atoms with Gasteiger partial charge in [-0.05, 0) is 38.3 Å². The van der Waals surface area contributed by atoms with Crippen LogP contribution in [0, 0.1) is 5.41 Å². The van der Waals surface area contributed by atoms with Gasteiger partial charge in [0.05, 0.1) is 11.3 Å². The summed E-state index contributed by atoms with van der Waals surface area (Å²) >= 11 is 0. The van der Waals surface area contributed by atoms with Gasteiger partial charge in [0.15, 0.2) is 0 Å². The van der Waals surface area contributed by atoms with Crippen molar-refractivity contribution in [1.82, 2.24) is 5.32 Å². The van der Waals surface area contributed by atoms with Crippen molar-refractivity contribution in [3.8, 4) is 0 Å². The lowest BCUT2D eigenvalue weighted by Gasteiger charge is -2.29. The molecule has 1 aromatic rings. The Hall–Kier alpha value is -2.42. The molecule has 0 saturated heterocycles. The third-order valence-electron chi connectivity index (χ3n) is 3.54. The number of rotatable bonds is 6. The van der Waals surface area contributed by atoms with Crippen LogP contribution in [0.25, 0.3) is 0 Å². The minimum atomic E-state index is -0.759. The Kier molecular flexibility index (Phi) is 6.51. The largest absolute Gasteiger partial charge is 0.314 e. The van der Waals surface area contributed by atoms with E-state index < -0.39 is 5.41 Å². The average molecular weight is 296 g/mol. The Labute approximate surface area is 133 Å². The summed E-state index contributed by atoms with van der Waals surface area (Å²) in [7, 11) is 0. The molecule has 0 spiro atoms. The molecule has 3 nitrogen and oxygen atoms in total. The topological polar surface area (TPSA) is 53.0 Å². The predicted molar refractivity (Wildman–Crippen MR) is 93.0 cm³/mol. The molecule has 0 bridgehead atoms. The number of hydrogen-bond acceptors (Lipinski definition) is 2. The van der Waals surface area contributed by atoms with Gasteiger partial charge in [0, 0.05) is 0 Å². The van der Waals surface area contributed by atoms with Gasteiger partial charge in [-0.1, -0.05) is 61.2 Å². The molecule has 1 rings (SSSR count). The van der Waals surface area contributed by atoms with Gasteiger partial charge in [0.25, 0.3) is 0 Å². The first-order valence-corrected chi connectivity index (χ1v) is 7.30. The van der Waals surface area contributed by atoms with E-state index in [4.69, 9.17) is 5.41 Å². The lowest BCUT2D eigenvalue weighted by atomic mass is 9.76. The molecule has 22 heavy (non-hydrogen) atoms. The predicted octanol–water partition coefficient (Wildman–Crippen LogP) is 4.14. The number of carbonyl (C=O) groups is 1. The minimum Gasteiger partial charge on any atom is -0.314 e. The molecule has 0 saturated carbocycles. The molecule has 0 aromatic heterocycles. The molecule has 1 amide bonds. The SMILES string of the molecule is C=C/C(=C\C=C/C)CC(C)(C(=O)NC(C)=N)c1ccccc1. The van der Waals surface area contributed by atoms with Gasteiger partial charge in [-0.15, -0.1) is 0 Å². The first kappa shape index (κ1) is 17.6. The Morgan fingerprint density at radius 1 is 1.36 bits per heavy atom. The van der Waals surface area contributed by atoms with Crippen LogP contribution in [0.4, 0.5) is 0 Å². The summed E-state index contributed by atoms with van der Waals surface area (Å²) in [6, 6.07) is 9.64. The van der Waals surface area contributed by atoms with Crippen molar-refractivity contribution in [2.75, 3.05) is 0 Å². The maximum Gasteiger partial charge on any atom is 0.235 e. The summed E-state index contributed by atoms with van der Waals surface area (Å²) in [5.74, 6) is -0.0378. The molecule has 0 fully saturated rings. The third-order valence-corrected chi connectivity index (χ3v) is 3.54. The molecule has 116 valence electrons. The first-order chi connectivity index (χ1) is 10.4. The molecular formula is C19H24N2O. The number of hydrogen-bond donors (Lipinski definition) is 2. The second-order valence-corrected chi connectivity index (χ2v) is 5.43. The Morgan fingerprint density at radius 2 is 2.00 bits per heavy atom. The molecule has 2 N–H and O–H groups in total. The van der Waals surface area contributed by atoms with Crippen LogP contribution in [0.15, 0.2) is 66.8 Å². The Morgan fingerprint density at radius 3 is 2.50 bits per heavy atom. The highest BCUT2D eigenvalue weighted by atomic mass is 16.2. The number of amides is 1. The zero-order valence-electron chi connectivity index (χ0n) is 13.5. The van der Waals surface area contributed by atoms with E-state index in [0.29, 0.717) is 6.42 Å². The van der Waals surface area contributed by atoms with E-state index in [1.54, 1.807) is 13.0 Å². The van der Waals surface area contributed by atoms with Crippen molar-refractivity contribution in [1.29, 1.82) is 5.41 Å². The fourth-order valence-corrected chi connectivity index (χ4v) is 2.25. The zero-order chi connectivity index (χ0) is 16.6. The summed E-state index contributed by atoms with van der Waals surface area (Å²) in [4.78, 5) is 12.7. The van der Waals surface area contributed by atoms with Crippen LogP contribution in [0.1, 0.15) is 32.8 Å². The van der Waals surface area contributed by atoms with Gasteiger partial charge in [-0.3, -0.25) is 10.2 Å². The van der Waals surface area contributed by atoms with Crippen molar-refractivity contribution < 1.29 is 4.79 Å². The van der Waals surface area contributed by atoms with Crippen LogP contribution in [0.3, 0.4) is 0 Å². The van der Waals surface area contributed by atoms with Crippen LogP contribution in [0.2, 0.25) is 0 Å². The highest BCUT2D eigenvalue weighted by molar-refractivity contribution is 6.00. The lowest BCUT2D eigenvalue weighted by molar-refractivity contribution is -0.124. The fraction of sp³-hybridized carbons (Fsp3) is 0.263. The number of benzene rings is 1. The summed E-state index contributed by atoms with van der Waals surface area (Å²) in [6.07, 6.45) is 8.11. The van der Waals surface area contributed by atoms with E-state index in [0.717, 1.165) is 11.1 Å². The first-order valence-electron chi connectivity index (χ1n) is 7.30. The molecule has 0 heterocycles. The standard InChI is InChI=1S/C19H24N2O/c1-5-7-11-16(6-2)14-19(4,18(22)21-15(3)20)17-12-9-8-10-13-17/h5-13H,2,14H2,1,3-4H3,(H2,20,21,22)/b7-5-,16-11+. The van der Waals surface area contributed by atoms with Crippen molar-refractivity contribution in [2.24, 2.45) is 0 Å². The third kappa shape index (κ3) is 4.55. The highest BCUT2D eigenvalue weighted by Gasteiger charge is 2.35. The van der Waals surface area contributed by atoms with Gasteiger partial charge in [0.1, 0.15) is 0 Å². The normalized spacial score (nSPS) is 14.4. The summed E-state index contributed by atoms with van der Waals surface area (Å²) in [6.45, 7) is 9.24. The summed E-state index contributed by atoms with van der Waals surface area (Å²) in [5.41, 5.74) is 1.13. The smallest absolute Gasteiger partial charge is 0.235 e. The number of nitrogens with one attached hydrogen (secondary N) is 2. The summed E-state index contributed by atoms with van der Waals surface area (Å²) < 4.78 is 0. The molecule has 0 aliphatic carbocycles. The molecule has 1 unspecified atom stereocenters. The molecule has 3 heteroatoms. The zero-order valence-corrected chi connectivity index (χ0v) is 13.5. The van der Waals surface area contributed by atoms with Gasteiger partial charge in [-0.25, -0.2) is 0 Å². The maximum absolute atomic E-state index is 12.7. The van der Waals surface area contributed by atoms with Gasteiger partial charge < -0.3 is 5.32 Å². The Bertz CT molecular complexity index is 599. The lowest BCUT2D eigenvalue weighted by Crippen LogP contribution is -2.44. The number of allylic oxidation sites excluding steroid dienone is 5. The van der Waals surface area contributed by atoms with Crippen LogP contribution < -0.4 is 5.32 Å². The van der Waals surface area contributed by atoms with Gasteiger partial charge in [-0.2, -0.15) is 0 Å². The van der Waals surface area contributed by atoms with Gasteiger partial charge in [0.2, 0.25) is 5.91 Å². The monoisotopic (exact) mass is 296 g/mol. The molecule has 1 aromatic carbocycles. The minimum absolute atomic E-state index is 0.143. The quantitative estimate of drug-likeness (QED) is 0.463. The van der Waals surface area contributed by atoms with Crippen LogP contribution in [-0.4, -0.2) is 11.7 Å². The number of amidine groups is 1. The second-order valence-electron chi connectivity index (χ2n) is 5.43. The highest BCUT2D eigenvalue weighted by Crippen LogP contribution is 2.31. The van der Waals surface area contributed by atoms with Crippen molar-refractivity contribution in [3.05, 3.63) is 72.4 Å². The Balaban J connectivity index is 3.25. The average Bonchev–Trinajstić information content (AvgIpc) is 2.51. The van der Waals surface area contributed by atoms with E-state index in [-0.39, 0.29) is 11.7 Å². The summed E-state index contributed by atoms with van der Waals surface area (Å²) in [5, 5.41) is 10.2. The number of carbonyl (C=O) groups excluding carboxylic acids is 1. The maximum atomic E-state index is 12.7. The molecule has 1 atom stereocenters. The van der Waals surface area contributed by atoms with Crippen LogP contribution >= 0.6 is 0 Å². The molecule has 0 aliphatic heterocycles. The van der Waals surface area contributed by atoms with Gasteiger partial charge >= 0.3 is 0 Å². The molecule has 0 radical (unpaired) electrons. The van der Waals surface area contributed by atoms with Crippen molar-refractivity contribution in [2.45, 2.75) is 32.6 Å².